The molecule has 1 N–H and O–H groups in total. The molecule has 0 atom stereocenters. The second-order valence-corrected chi connectivity index (χ2v) is 4.29. The minimum Gasteiger partial charge on any atom is -0.507 e. The van der Waals surface area contributed by atoms with Crippen LogP contribution in [0.4, 0.5) is 0 Å². The van der Waals surface area contributed by atoms with Crippen LogP contribution >= 0.6 is 0 Å². The van der Waals surface area contributed by atoms with Crippen molar-refractivity contribution in [2.75, 3.05) is 0 Å². The molecule has 0 radical (unpaired) electrons. The quantitative estimate of drug-likeness (QED) is 0.651. The SMILES string of the molecule is CCc1ccc2c(c1O)Cc1ccccc1-2. The van der Waals surface area contributed by atoms with Gasteiger partial charge in [-0.05, 0) is 28.7 Å². The fraction of sp³-hybridized carbons (Fsp3) is 0.200. The Balaban J connectivity index is 2.24. The zero-order valence-corrected chi connectivity index (χ0v) is 9.33. The number of rotatable bonds is 1. The van der Waals surface area contributed by atoms with E-state index in [0.717, 1.165) is 24.0 Å². The Morgan fingerprint density at radius 2 is 1.88 bits per heavy atom. The molecule has 3 rings (SSSR count). The number of aryl methyl sites for hydroxylation is 1. The molecule has 2 aromatic carbocycles. The Morgan fingerprint density at radius 1 is 1.06 bits per heavy atom. The summed E-state index contributed by atoms with van der Waals surface area (Å²) in [5.74, 6) is 0.496. The first-order valence-electron chi connectivity index (χ1n) is 5.73. The first-order chi connectivity index (χ1) is 7.81. The van der Waals surface area contributed by atoms with E-state index >= 15 is 0 Å². The van der Waals surface area contributed by atoms with Crippen molar-refractivity contribution < 1.29 is 5.11 Å². The lowest BCUT2D eigenvalue weighted by atomic mass is 10.0. The van der Waals surface area contributed by atoms with E-state index in [0.29, 0.717) is 5.75 Å². The summed E-state index contributed by atoms with van der Waals surface area (Å²) in [4.78, 5) is 0. The van der Waals surface area contributed by atoms with Gasteiger partial charge in [-0.3, -0.25) is 0 Å². The fourth-order valence-electron chi connectivity index (χ4n) is 2.53. The highest BCUT2D eigenvalue weighted by Crippen LogP contribution is 2.42. The van der Waals surface area contributed by atoms with Gasteiger partial charge in [0.25, 0.3) is 0 Å². The van der Waals surface area contributed by atoms with Crippen molar-refractivity contribution in [3.05, 3.63) is 53.1 Å². The van der Waals surface area contributed by atoms with Gasteiger partial charge in [-0.15, -0.1) is 0 Å². The maximum absolute atomic E-state index is 10.2. The smallest absolute Gasteiger partial charge is 0.122 e. The van der Waals surface area contributed by atoms with Gasteiger partial charge in [0.05, 0.1) is 0 Å². The lowest BCUT2D eigenvalue weighted by Crippen LogP contribution is -1.88. The Morgan fingerprint density at radius 3 is 2.69 bits per heavy atom. The first kappa shape index (κ1) is 9.46. The Hall–Kier alpha value is -1.76. The molecule has 0 amide bonds. The summed E-state index contributed by atoms with van der Waals surface area (Å²) in [6.07, 6.45) is 1.75. The molecule has 0 saturated heterocycles. The van der Waals surface area contributed by atoms with Crippen LogP contribution in [0, 0.1) is 0 Å². The number of phenolic OH excluding ortho intramolecular Hbond substituents is 1. The second kappa shape index (κ2) is 3.38. The van der Waals surface area contributed by atoms with Gasteiger partial charge in [-0.2, -0.15) is 0 Å². The van der Waals surface area contributed by atoms with E-state index in [1.165, 1.54) is 16.7 Å². The maximum Gasteiger partial charge on any atom is 0.122 e. The van der Waals surface area contributed by atoms with Gasteiger partial charge in [0.15, 0.2) is 0 Å². The van der Waals surface area contributed by atoms with Crippen molar-refractivity contribution in [2.45, 2.75) is 19.8 Å². The van der Waals surface area contributed by atoms with Crippen LogP contribution in [-0.4, -0.2) is 5.11 Å². The monoisotopic (exact) mass is 210 g/mol. The second-order valence-electron chi connectivity index (χ2n) is 4.29. The standard InChI is InChI=1S/C15H14O/c1-2-10-7-8-13-12-6-4-3-5-11(12)9-14(13)15(10)16/h3-8,16H,2,9H2,1H3. The summed E-state index contributed by atoms with van der Waals surface area (Å²) in [7, 11) is 0. The molecule has 2 aromatic rings. The number of fused-ring (bicyclic) bond motifs is 3. The molecule has 0 aliphatic heterocycles. The molecule has 0 aromatic heterocycles. The predicted molar refractivity (Wildman–Crippen MR) is 65.7 cm³/mol. The largest absolute Gasteiger partial charge is 0.507 e. The van der Waals surface area contributed by atoms with Gasteiger partial charge in [0, 0.05) is 12.0 Å². The maximum atomic E-state index is 10.2. The van der Waals surface area contributed by atoms with Crippen molar-refractivity contribution in [2.24, 2.45) is 0 Å². The predicted octanol–water partition coefficient (Wildman–Crippen LogP) is 3.53. The Kier molecular flexibility index (Phi) is 2.00. The summed E-state index contributed by atoms with van der Waals surface area (Å²) in [6, 6.07) is 12.6. The zero-order valence-electron chi connectivity index (χ0n) is 9.33. The summed E-state index contributed by atoms with van der Waals surface area (Å²) in [6.45, 7) is 2.07. The third-order valence-corrected chi connectivity index (χ3v) is 3.42. The number of benzene rings is 2. The van der Waals surface area contributed by atoms with Gasteiger partial charge in [-0.1, -0.05) is 43.3 Å². The first-order valence-corrected chi connectivity index (χ1v) is 5.73. The van der Waals surface area contributed by atoms with E-state index in [1.54, 1.807) is 0 Å². The third-order valence-electron chi connectivity index (χ3n) is 3.42. The number of aromatic hydroxyl groups is 1. The van der Waals surface area contributed by atoms with E-state index in [9.17, 15) is 5.11 Å². The summed E-state index contributed by atoms with van der Waals surface area (Å²) >= 11 is 0. The molecule has 1 aliphatic carbocycles. The van der Waals surface area contributed by atoms with E-state index in [1.807, 2.05) is 6.07 Å². The molecule has 16 heavy (non-hydrogen) atoms. The van der Waals surface area contributed by atoms with Crippen LogP contribution in [0.15, 0.2) is 36.4 Å². The van der Waals surface area contributed by atoms with Gasteiger partial charge in [0.1, 0.15) is 5.75 Å². The molecular weight excluding hydrogens is 196 g/mol. The van der Waals surface area contributed by atoms with Crippen LogP contribution in [0.5, 0.6) is 5.75 Å². The average Bonchev–Trinajstić information content (AvgIpc) is 2.69. The van der Waals surface area contributed by atoms with Crippen molar-refractivity contribution in [1.29, 1.82) is 0 Å². The number of hydrogen-bond donors (Lipinski definition) is 1. The molecule has 0 spiro atoms. The van der Waals surface area contributed by atoms with Gasteiger partial charge >= 0.3 is 0 Å². The molecular formula is C15H14O. The van der Waals surface area contributed by atoms with E-state index < -0.39 is 0 Å². The zero-order chi connectivity index (χ0) is 11.1. The average molecular weight is 210 g/mol. The summed E-state index contributed by atoms with van der Waals surface area (Å²) in [5.41, 5.74) is 5.94. The van der Waals surface area contributed by atoms with Crippen LogP contribution in [0.25, 0.3) is 11.1 Å². The normalized spacial score (nSPS) is 12.3. The van der Waals surface area contributed by atoms with Crippen LogP contribution in [0.1, 0.15) is 23.6 Å². The van der Waals surface area contributed by atoms with Crippen molar-refractivity contribution in [3.63, 3.8) is 0 Å². The molecule has 0 heterocycles. The highest BCUT2D eigenvalue weighted by atomic mass is 16.3. The molecule has 0 bridgehead atoms. The van der Waals surface area contributed by atoms with Crippen LogP contribution in [0.2, 0.25) is 0 Å². The highest BCUT2D eigenvalue weighted by molar-refractivity contribution is 5.79. The summed E-state index contributed by atoms with van der Waals surface area (Å²) < 4.78 is 0. The van der Waals surface area contributed by atoms with Crippen molar-refractivity contribution in [3.8, 4) is 16.9 Å². The summed E-state index contributed by atoms with van der Waals surface area (Å²) in [5, 5.41) is 10.2. The molecule has 0 unspecified atom stereocenters. The third kappa shape index (κ3) is 1.18. The Bertz CT molecular complexity index is 555. The molecule has 1 aliphatic rings. The van der Waals surface area contributed by atoms with Crippen LogP contribution in [0.3, 0.4) is 0 Å². The number of phenols is 1. The molecule has 0 fully saturated rings. The van der Waals surface area contributed by atoms with Crippen LogP contribution in [-0.2, 0) is 12.8 Å². The van der Waals surface area contributed by atoms with Crippen LogP contribution < -0.4 is 0 Å². The van der Waals surface area contributed by atoms with Crippen molar-refractivity contribution in [1.82, 2.24) is 0 Å². The van der Waals surface area contributed by atoms with E-state index in [4.69, 9.17) is 0 Å². The number of hydrogen-bond acceptors (Lipinski definition) is 1. The minimum absolute atomic E-state index is 0.496. The fourth-order valence-corrected chi connectivity index (χ4v) is 2.53. The lowest BCUT2D eigenvalue weighted by molar-refractivity contribution is 0.464. The molecule has 1 heteroatoms. The highest BCUT2D eigenvalue weighted by Gasteiger charge is 2.21. The van der Waals surface area contributed by atoms with E-state index in [2.05, 4.69) is 37.3 Å². The van der Waals surface area contributed by atoms with E-state index in [-0.39, 0.29) is 0 Å². The lowest BCUT2D eigenvalue weighted by Gasteiger charge is -2.07. The Labute approximate surface area is 95.4 Å². The molecule has 0 saturated carbocycles. The van der Waals surface area contributed by atoms with Gasteiger partial charge in [0.2, 0.25) is 0 Å². The van der Waals surface area contributed by atoms with Gasteiger partial charge < -0.3 is 5.11 Å². The van der Waals surface area contributed by atoms with Gasteiger partial charge in [-0.25, -0.2) is 0 Å². The minimum atomic E-state index is 0.496. The topological polar surface area (TPSA) is 20.2 Å². The van der Waals surface area contributed by atoms with Crippen molar-refractivity contribution >= 4 is 0 Å². The molecule has 80 valence electrons. The molecule has 1 nitrogen and oxygen atoms in total.